The molecule has 2 N–H and O–H groups in total. The maximum absolute atomic E-state index is 13.6. The number of carbonyl (C=O) groups excluding carboxylic acids is 1. The van der Waals surface area contributed by atoms with Gasteiger partial charge in [-0.15, -0.1) is 0 Å². The van der Waals surface area contributed by atoms with Crippen LogP contribution in [-0.4, -0.2) is 32.4 Å². The van der Waals surface area contributed by atoms with E-state index < -0.39 is 17.7 Å². The molecule has 3 rings (SSSR count). The van der Waals surface area contributed by atoms with E-state index in [-0.39, 0.29) is 17.6 Å². The van der Waals surface area contributed by atoms with Gasteiger partial charge < -0.3 is 20.1 Å². The second kappa shape index (κ2) is 7.48. The molecule has 25 heavy (non-hydrogen) atoms. The Hall–Kier alpha value is -2.67. The van der Waals surface area contributed by atoms with Crippen molar-refractivity contribution >= 4 is 11.7 Å². The highest BCUT2D eigenvalue weighted by Gasteiger charge is 2.31. The van der Waals surface area contributed by atoms with E-state index in [2.05, 4.69) is 10.6 Å². The summed E-state index contributed by atoms with van der Waals surface area (Å²) in [7, 11) is 1.59. The van der Waals surface area contributed by atoms with Crippen LogP contribution in [0.5, 0.6) is 5.75 Å². The van der Waals surface area contributed by atoms with Gasteiger partial charge in [-0.2, -0.15) is 0 Å². The van der Waals surface area contributed by atoms with Crippen molar-refractivity contribution in [2.24, 2.45) is 0 Å². The maximum atomic E-state index is 13.6. The molecule has 7 heteroatoms. The molecule has 0 aliphatic carbocycles. The fraction of sp³-hybridized carbons (Fsp3) is 0.278. The van der Waals surface area contributed by atoms with E-state index in [4.69, 9.17) is 9.47 Å². The van der Waals surface area contributed by atoms with Gasteiger partial charge in [0.2, 0.25) is 0 Å². The minimum absolute atomic E-state index is 0.0188. The average molecular weight is 348 g/mol. The molecule has 2 atom stereocenters. The highest BCUT2D eigenvalue weighted by molar-refractivity contribution is 5.89. The van der Waals surface area contributed by atoms with E-state index in [0.29, 0.717) is 19.3 Å². The lowest BCUT2D eigenvalue weighted by atomic mass is 9.94. The summed E-state index contributed by atoms with van der Waals surface area (Å²) in [6.07, 6.45) is 0. The molecule has 0 aromatic heterocycles. The third-order valence-corrected chi connectivity index (χ3v) is 4.12. The normalized spacial score (nSPS) is 19.5. The Balaban J connectivity index is 1.65. The maximum Gasteiger partial charge on any atom is 0.319 e. The summed E-state index contributed by atoms with van der Waals surface area (Å²) in [5.41, 5.74) is 0.926. The lowest BCUT2D eigenvalue weighted by Gasteiger charge is -2.20. The minimum Gasteiger partial charge on any atom is -0.497 e. The first-order valence-electron chi connectivity index (χ1n) is 7.81. The predicted octanol–water partition coefficient (Wildman–Crippen LogP) is 3.28. The second-order valence-electron chi connectivity index (χ2n) is 5.75. The first-order chi connectivity index (χ1) is 12.1. The molecule has 0 bridgehead atoms. The highest BCUT2D eigenvalue weighted by Crippen LogP contribution is 2.27. The number of nitrogens with one attached hydrogen (secondary N) is 2. The Morgan fingerprint density at radius 2 is 1.92 bits per heavy atom. The molecule has 1 aliphatic heterocycles. The van der Waals surface area contributed by atoms with Crippen molar-refractivity contribution < 1.29 is 23.0 Å². The number of benzene rings is 2. The minimum atomic E-state index is -0.829. The van der Waals surface area contributed by atoms with Crippen LogP contribution in [0.4, 0.5) is 19.3 Å². The highest BCUT2D eigenvalue weighted by atomic mass is 19.1. The van der Waals surface area contributed by atoms with Gasteiger partial charge in [0.15, 0.2) is 0 Å². The van der Waals surface area contributed by atoms with E-state index in [1.165, 1.54) is 6.07 Å². The molecule has 5 nitrogen and oxygen atoms in total. The van der Waals surface area contributed by atoms with Crippen LogP contribution in [-0.2, 0) is 4.74 Å². The van der Waals surface area contributed by atoms with Crippen LogP contribution in [0.3, 0.4) is 0 Å². The topological polar surface area (TPSA) is 59.6 Å². The number of anilines is 1. The van der Waals surface area contributed by atoms with Crippen molar-refractivity contribution in [2.75, 3.05) is 25.6 Å². The smallest absolute Gasteiger partial charge is 0.319 e. The molecule has 132 valence electrons. The van der Waals surface area contributed by atoms with Crippen molar-refractivity contribution in [1.82, 2.24) is 5.32 Å². The van der Waals surface area contributed by atoms with Crippen LogP contribution in [0, 0.1) is 11.6 Å². The number of urea groups is 1. The summed E-state index contributed by atoms with van der Waals surface area (Å²) < 4.78 is 37.1. The van der Waals surface area contributed by atoms with Gasteiger partial charge in [-0.25, -0.2) is 13.6 Å². The summed E-state index contributed by atoms with van der Waals surface area (Å²) in [4.78, 5) is 12.1. The largest absolute Gasteiger partial charge is 0.497 e. The molecule has 0 saturated carbocycles. The van der Waals surface area contributed by atoms with Crippen LogP contribution in [0.25, 0.3) is 0 Å². The third-order valence-electron chi connectivity index (χ3n) is 4.12. The van der Waals surface area contributed by atoms with E-state index in [1.54, 1.807) is 7.11 Å². The molecular formula is C18H18F2N2O3. The van der Waals surface area contributed by atoms with Crippen LogP contribution in [0.1, 0.15) is 11.5 Å². The fourth-order valence-corrected chi connectivity index (χ4v) is 2.79. The van der Waals surface area contributed by atoms with E-state index in [0.717, 1.165) is 17.4 Å². The summed E-state index contributed by atoms with van der Waals surface area (Å²) in [6, 6.07) is 9.69. The van der Waals surface area contributed by atoms with Crippen LogP contribution in [0.15, 0.2) is 42.5 Å². The van der Waals surface area contributed by atoms with Gasteiger partial charge in [0.1, 0.15) is 17.4 Å². The summed E-state index contributed by atoms with van der Waals surface area (Å²) in [5.74, 6) is -0.803. The summed E-state index contributed by atoms with van der Waals surface area (Å²) in [6.45, 7) is 0.832. The molecule has 1 aliphatic rings. The molecule has 1 saturated heterocycles. The summed E-state index contributed by atoms with van der Waals surface area (Å²) >= 11 is 0. The average Bonchev–Trinajstić information content (AvgIpc) is 3.05. The zero-order valence-electron chi connectivity index (χ0n) is 13.6. The SMILES string of the molecule is COc1ccc([C@@H]2COC[C@@H]2NC(=O)Nc2ccc(F)cc2F)cc1. The van der Waals surface area contributed by atoms with Crippen molar-refractivity contribution in [3.05, 3.63) is 59.7 Å². The molecular weight excluding hydrogens is 330 g/mol. The van der Waals surface area contributed by atoms with Gasteiger partial charge in [0.05, 0.1) is 32.1 Å². The number of ether oxygens (including phenoxy) is 2. The van der Waals surface area contributed by atoms with Crippen LogP contribution >= 0.6 is 0 Å². The Morgan fingerprint density at radius 3 is 2.60 bits per heavy atom. The van der Waals surface area contributed by atoms with Crippen molar-refractivity contribution in [2.45, 2.75) is 12.0 Å². The standard InChI is InChI=1S/C18H18F2N2O3/c1-24-13-5-2-11(3-6-13)14-9-25-10-17(14)22-18(23)21-16-7-4-12(19)8-15(16)20/h2-8,14,17H,9-10H2,1H3,(H2,21,22,23)/t14-,17-/m0/s1. The monoisotopic (exact) mass is 348 g/mol. The number of methoxy groups -OCH3 is 1. The Labute approximate surface area is 143 Å². The van der Waals surface area contributed by atoms with Gasteiger partial charge in [-0.05, 0) is 29.8 Å². The number of halogens is 2. The number of hydrogen-bond donors (Lipinski definition) is 2. The van der Waals surface area contributed by atoms with Crippen LogP contribution in [0.2, 0.25) is 0 Å². The Morgan fingerprint density at radius 1 is 1.16 bits per heavy atom. The summed E-state index contributed by atoms with van der Waals surface area (Å²) in [5, 5.41) is 5.17. The Bertz CT molecular complexity index is 752. The molecule has 2 amide bonds. The zero-order chi connectivity index (χ0) is 17.8. The van der Waals surface area contributed by atoms with Crippen molar-refractivity contribution in [1.29, 1.82) is 0 Å². The van der Waals surface area contributed by atoms with Gasteiger partial charge in [-0.1, -0.05) is 12.1 Å². The number of rotatable bonds is 4. The second-order valence-corrected chi connectivity index (χ2v) is 5.75. The lowest BCUT2D eigenvalue weighted by Crippen LogP contribution is -2.41. The van der Waals surface area contributed by atoms with Crippen molar-refractivity contribution in [3.8, 4) is 5.75 Å². The van der Waals surface area contributed by atoms with E-state index in [9.17, 15) is 13.6 Å². The number of carbonyl (C=O) groups is 1. The Kier molecular flexibility index (Phi) is 5.14. The van der Waals surface area contributed by atoms with Gasteiger partial charge in [0.25, 0.3) is 0 Å². The molecule has 0 radical (unpaired) electrons. The molecule has 1 fully saturated rings. The quantitative estimate of drug-likeness (QED) is 0.891. The van der Waals surface area contributed by atoms with Gasteiger partial charge in [0, 0.05) is 12.0 Å². The lowest BCUT2D eigenvalue weighted by molar-refractivity contribution is 0.187. The number of hydrogen-bond acceptors (Lipinski definition) is 3. The van der Waals surface area contributed by atoms with Crippen LogP contribution < -0.4 is 15.4 Å². The van der Waals surface area contributed by atoms with E-state index >= 15 is 0 Å². The van der Waals surface area contributed by atoms with Gasteiger partial charge >= 0.3 is 6.03 Å². The molecule has 2 aromatic rings. The van der Waals surface area contributed by atoms with Gasteiger partial charge in [-0.3, -0.25) is 0 Å². The molecule has 0 spiro atoms. The third kappa shape index (κ3) is 4.06. The fourth-order valence-electron chi connectivity index (χ4n) is 2.79. The molecule has 1 heterocycles. The molecule has 2 aromatic carbocycles. The van der Waals surface area contributed by atoms with E-state index in [1.807, 2.05) is 24.3 Å². The first-order valence-corrected chi connectivity index (χ1v) is 7.81. The van der Waals surface area contributed by atoms with Crippen molar-refractivity contribution in [3.63, 3.8) is 0 Å². The first kappa shape index (κ1) is 17.2. The zero-order valence-corrected chi connectivity index (χ0v) is 13.6. The predicted molar refractivity (Wildman–Crippen MR) is 88.9 cm³/mol. The molecule has 0 unspecified atom stereocenters. The number of amides is 2.